The number of piperidine rings is 1. The van der Waals surface area contributed by atoms with Crippen molar-refractivity contribution in [3.8, 4) is 0 Å². The molecule has 0 spiro atoms. The van der Waals surface area contributed by atoms with Crippen molar-refractivity contribution < 1.29 is 23.5 Å². The van der Waals surface area contributed by atoms with Crippen LogP contribution in [-0.4, -0.2) is 62.0 Å². The molecule has 1 heterocycles. The number of benzene rings is 2. The summed E-state index contributed by atoms with van der Waals surface area (Å²) in [5.74, 6) is -1.26. The van der Waals surface area contributed by atoms with Crippen LogP contribution in [0.2, 0.25) is 0 Å². The molecule has 176 valence electrons. The first-order chi connectivity index (χ1) is 15.9. The molecule has 3 amide bonds. The summed E-state index contributed by atoms with van der Waals surface area (Å²) in [5, 5.41) is 5.72. The Balaban J connectivity index is 1.67. The first kappa shape index (κ1) is 24.4. The van der Waals surface area contributed by atoms with Gasteiger partial charge in [0, 0.05) is 37.9 Å². The highest BCUT2D eigenvalue weighted by molar-refractivity contribution is 5.98. The van der Waals surface area contributed by atoms with Gasteiger partial charge in [0.15, 0.2) is 0 Å². The van der Waals surface area contributed by atoms with Crippen LogP contribution in [0.4, 0.5) is 4.39 Å². The molecule has 0 aromatic heterocycles. The lowest BCUT2D eigenvalue weighted by molar-refractivity contribution is -0.124. The third-order valence-corrected chi connectivity index (χ3v) is 5.84. The van der Waals surface area contributed by atoms with E-state index in [2.05, 4.69) is 10.6 Å². The van der Waals surface area contributed by atoms with Crippen molar-refractivity contribution in [2.75, 3.05) is 33.4 Å². The third kappa shape index (κ3) is 6.61. The SMILES string of the molecule is COCCNC(=O)[C@H](NC(=O)c1cccc(C)c1)C1CCN(C(=O)c2ccc(F)cc2)CC1. The van der Waals surface area contributed by atoms with E-state index in [1.165, 1.54) is 24.3 Å². The quantitative estimate of drug-likeness (QED) is 0.599. The predicted molar refractivity (Wildman–Crippen MR) is 122 cm³/mol. The normalized spacial score (nSPS) is 15.1. The van der Waals surface area contributed by atoms with Gasteiger partial charge in [-0.3, -0.25) is 14.4 Å². The topological polar surface area (TPSA) is 87.7 Å². The van der Waals surface area contributed by atoms with Gasteiger partial charge in [0.05, 0.1) is 6.61 Å². The van der Waals surface area contributed by atoms with Crippen LogP contribution in [0.15, 0.2) is 48.5 Å². The molecule has 1 atom stereocenters. The molecule has 1 aliphatic heterocycles. The van der Waals surface area contributed by atoms with Gasteiger partial charge in [-0.25, -0.2) is 4.39 Å². The Labute approximate surface area is 193 Å². The summed E-state index contributed by atoms with van der Waals surface area (Å²) < 4.78 is 18.2. The Kier molecular flexibility index (Phi) is 8.54. The molecular weight excluding hydrogens is 425 g/mol. The molecule has 0 aliphatic carbocycles. The zero-order chi connectivity index (χ0) is 23.8. The fourth-order valence-corrected chi connectivity index (χ4v) is 4.01. The highest BCUT2D eigenvalue weighted by Crippen LogP contribution is 2.23. The number of ether oxygens (including phenoxy) is 1. The number of aryl methyl sites for hydroxylation is 1. The number of amides is 3. The molecule has 2 N–H and O–H groups in total. The average molecular weight is 456 g/mol. The lowest BCUT2D eigenvalue weighted by Gasteiger charge is -2.36. The van der Waals surface area contributed by atoms with Crippen molar-refractivity contribution in [1.29, 1.82) is 0 Å². The van der Waals surface area contributed by atoms with Gasteiger partial charge in [-0.05, 0) is 62.1 Å². The van der Waals surface area contributed by atoms with Crippen molar-refractivity contribution in [2.24, 2.45) is 5.92 Å². The summed E-state index contributed by atoms with van der Waals surface area (Å²) in [6, 6.07) is 11.9. The first-order valence-corrected chi connectivity index (χ1v) is 11.1. The minimum absolute atomic E-state index is 0.126. The number of hydrogen-bond acceptors (Lipinski definition) is 4. The number of nitrogens with one attached hydrogen (secondary N) is 2. The summed E-state index contributed by atoms with van der Waals surface area (Å²) in [5.41, 5.74) is 1.88. The number of carbonyl (C=O) groups excluding carboxylic acids is 3. The Morgan fingerprint density at radius 1 is 1.09 bits per heavy atom. The molecule has 1 fully saturated rings. The molecule has 33 heavy (non-hydrogen) atoms. The van der Waals surface area contributed by atoms with Gasteiger partial charge < -0.3 is 20.3 Å². The molecule has 8 heteroatoms. The maximum Gasteiger partial charge on any atom is 0.253 e. The number of nitrogens with zero attached hydrogens (tertiary/aromatic N) is 1. The van der Waals surface area contributed by atoms with Gasteiger partial charge in [-0.15, -0.1) is 0 Å². The van der Waals surface area contributed by atoms with Gasteiger partial charge in [0.2, 0.25) is 5.91 Å². The fourth-order valence-electron chi connectivity index (χ4n) is 4.01. The molecule has 0 unspecified atom stereocenters. The molecule has 2 aromatic rings. The number of likely N-dealkylation sites (tertiary alicyclic amines) is 1. The van der Waals surface area contributed by atoms with Crippen molar-refractivity contribution >= 4 is 17.7 Å². The molecule has 2 aromatic carbocycles. The van der Waals surface area contributed by atoms with E-state index in [4.69, 9.17) is 4.74 Å². The largest absolute Gasteiger partial charge is 0.383 e. The molecule has 0 radical (unpaired) electrons. The number of hydrogen-bond donors (Lipinski definition) is 2. The number of carbonyl (C=O) groups is 3. The van der Waals surface area contributed by atoms with Crippen LogP contribution in [0.5, 0.6) is 0 Å². The zero-order valence-corrected chi connectivity index (χ0v) is 19.0. The van der Waals surface area contributed by atoms with E-state index in [1.54, 1.807) is 30.2 Å². The highest BCUT2D eigenvalue weighted by atomic mass is 19.1. The van der Waals surface area contributed by atoms with Crippen LogP contribution in [0.1, 0.15) is 39.1 Å². The van der Waals surface area contributed by atoms with E-state index in [-0.39, 0.29) is 23.6 Å². The lowest BCUT2D eigenvalue weighted by Crippen LogP contribution is -2.54. The van der Waals surface area contributed by atoms with Crippen molar-refractivity contribution in [2.45, 2.75) is 25.8 Å². The van der Waals surface area contributed by atoms with Gasteiger partial charge >= 0.3 is 0 Å². The van der Waals surface area contributed by atoms with Crippen LogP contribution < -0.4 is 10.6 Å². The van der Waals surface area contributed by atoms with Crippen LogP contribution in [0.3, 0.4) is 0 Å². The maximum atomic E-state index is 13.2. The van der Waals surface area contributed by atoms with Gasteiger partial charge in [-0.2, -0.15) is 0 Å². The smallest absolute Gasteiger partial charge is 0.253 e. The first-order valence-electron chi connectivity index (χ1n) is 11.1. The molecular formula is C25H30FN3O4. The summed E-state index contributed by atoms with van der Waals surface area (Å²) >= 11 is 0. The van der Waals surface area contributed by atoms with Gasteiger partial charge in [0.1, 0.15) is 11.9 Å². The molecule has 7 nitrogen and oxygen atoms in total. The molecule has 1 aliphatic rings. The summed E-state index contributed by atoms with van der Waals surface area (Å²) in [6.07, 6.45) is 1.12. The van der Waals surface area contributed by atoms with Crippen molar-refractivity contribution in [3.05, 3.63) is 71.0 Å². The monoisotopic (exact) mass is 455 g/mol. The second-order valence-electron chi connectivity index (χ2n) is 8.24. The number of halogens is 1. The molecule has 0 bridgehead atoms. The fraction of sp³-hybridized carbons (Fsp3) is 0.400. The van der Waals surface area contributed by atoms with E-state index in [9.17, 15) is 18.8 Å². The van der Waals surface area contributed by atoms with Crippen LogP contribution in [0, 0.1) is 18.7 Å². The Hall–Kier alpha value is -3.26. The van der Waals surface area contributed by atoms with Crippen LogP contribution in [0.25, 0.3) is 0 Å². The van der Waals surface area contributed by atoms with Crippen molar-refractivity contribution in [3.63, 3.8) is 0 Å². The minimum Gasteiger partial charge on any atom is -0.383 e. The number of rotatable bonds is 8. The lowest BCUT2D eigenvalue weighted by atomic mass is 9.88. The standard InChI is InChI=1S/C25H30FN3O4/c1-17-4-3-5-20(16-17)23(30)28-22(24(31)27-12-15-33-2)18-10-13-29(14-11-18)25(32)19-6-8-21(26)9-7-19/h3-9,16,18,22H,10-15H2,1-2H3,(H,27,31)(H,28,30)/t22-/m1/s1. The predicted octanol–water partition coefficient (Wildman–Crippen LogP) is 2.55. The van der Waals surface area contributed by atoms with Crippen LogP contribution in [-0.2, 0) is 9.53 Å². The van der Waals surface area contributed by atoms with Gasteiger partial charge in [-0.1, -0.05) is 17.7 Å². The summed E-state index contributed by atoms with van der Waals surface area (Å²) in [7, 11) is 1.55. The van der Waals surface area contributed by atoms with E-state index < -0.39 is 11.9 Å². The highest BCUT2D eigenvalue weighted by Gasteiger charge is 2.34. The van der Waals surface area contributed by atoms with E-state index in [0.29, 0.717) is 50.2 Å². The zero-order valence-electron chi connectivity index (χ0n) is 19.0. The second-order valence-corrected chi connectivity index (χ2v) is 8.24. The van der Waals surface area contributed by atoms with Gasteiger partial charge in [0.25, 0.3) is 11.8 Å². The molecule has 1 saturated heterocycles. The van der Waals surface area contributed by atoms with Crippen LogP contribution >= 0.6 is 0 Å². The Morgan fingerprint density at radius 2 is 1.79 bits per heavy atom. The minimum atomic E-state index is -0.724. The van der Waals surface area contributed by atoms with E-state index in [0.717, 1.165) is 5.56 Å². The summed E-state index contributed by atoms with van der Waals surface area (Å²) in [6.45, 7) is 3.51. The van der Waals surface area contributed by atoms with Crippen molar-refractivity contribution in [1.82, 2.24) is 15.5 Å². The number of methoxy groups -OCH3 is 1. The Morgan fingerprint density at radius 3 is 2.42 bits per heavy atom. The molecule has 3 rings (SSSR count). The Bertz CT molecular complexity index is 972. The average Bonchev–Trinajstić information content (AvgIpc) is 2.82. The van der Waals surface area contributed by atoms with E-state index >= 15 is 0 Å². The maximum absolute atomic E-state index is 13.2. The summed E-state index contributed by atoms with van der Waals surface area (Å²) in [4.78, 5) is 40.2. The third-order valence-electron chi connectivity index (χ3n) is 5.84. The molecule has 0 saturated carbocycles. The van der Waals surface area contributed by atoms with E-state index in [1.807, 2.05) is 13.0 Å². The second kappa shape index (κ2) is 11.6.